The van der Waals surface area contributed by atoms with Gasteiger partial charge in [0.1, 0.15) is 0 Å². The quantitative estimate of drug-likeness (QED) is 0.801. The summed E-state index contributed by atoms with van der Waals surface area (Å²) in [5.74, 6) is -0.242. The molecule has 0 aromatic heterocycles. The molecule has 1 heterocycles. The third-order valence-electron chi connectivity index (χ3n) is 3.35. The van der Waals surface area contributed by atoms with Crippen LogP contribution in [-0.4, -0.2) is 19.5 Å². The molecular formula is C15H17Cl2NO2. The lowest BCUT2D eigenvalue weighted by atomic mass is 9.98. The SMILES string of the molecule is N#C[C@H](CCO[C@@H]1CCCCO1)c1ccc(Cl)c(Cl)c1. The van der Waals surface area contributed by atoms with Crippen molar-refractivity contribution in [1.82, 2.24) is 0 Å². The molecule has 108 valence electrons. The van der Waals surface area contributed by atoms with Crippen LogP contribution in [-0.2, 0) is 9.47 Å². The monoisotopic (exact) mass is 313 g/mol. The Morgan fingerprint density at radius 1 is 1.35 bits per heavy atom. The van der Waals surface area contributed by atoms with Crippen LogP contribution in [0.5, 0.6) is 0 Å². The van der Waals surface area contributed by atoms with E-state index in [-0.39, 0.29) is 12.2 Å². The first-order valence-electron chi connectivity index (χ1n) is 6.78. The van der Waals surface area contributed by atoms with E-state index < -0.39 is 0 Å². The highest BCUT2D eigenvalue weighted by Gasteiger charge is 2.16. The summed E-state index contributed by atoms with van der Waals surface area (Å²) in [4.78, 5) is 0. The van der Waals surface area contributed by atoms with Crippen LogP contribution in [0.15, 0.2) is 18.2 Å². The third-order valence-corrected chi connectivity index (χ3v) is 4.09. The summed E-state index contributed by atoms with van der Waals surface area (Å²) < 4.78 is 11.1. The van der Waals surface area contributed by atoms with E-state index >= 15 is 0 Å². The molecule has 20 heavy (non-hydrogen) atoms. The fourth-order valence-corrected chi connectivity index (χ4v) is 2.50. The Labute approximate surface area is 129 Å². The van der Waals surface area contributed by atoms with Crippen LogP contribution in [0, 0.1) is 11.3 Å². The van der Waals surface area contributed by atoms with Gasteiger partial charge in [-0.3, -0.25) is 0 Å². The molecule has 3 nitrogen and oxygen atoms in total. The first kappa shape index (κ1) is 15.6. The minimum atomic E-state index is -0.242. The zero-order chi connectivity index (χ0) is 14.4. The van der Waals surface area contributed by atoms with E-state index in [0.717, 1.165) is 31.4 Å². The van der Waals surface area contributed by atoms with Gasteiger partial charge in [0.15, 0.2) is 6.29 Å². The zero-order valence-electron chi connectivity index (χ0n) is 11.1. The van der Waals surface area contributed by atoms with Gasteiger partial charge in [-0.25, -0.2) is 0 Å². The van der Waals surface area contributed by atoms with Gasteiger partial charge in [-0.1, -0.05) is 29.3 Å². The molecule has 0 amide bonds. The fourth-order valence-electron chi connectivity index (χ4n) is 2.19. The van der Waals surface area contributed by atoms with Gasteiger partial charge >= 0.3 is 0 Å². The maximum Gasteiger partial charge on any atom is 0.157 e. The second-order valence-electron chi connectivity index (χ2n) is 4.81. The van der Waals surface area contributed by atoms with E-state index in [2.05, 4.69) is 6.07 Å². The van der Waals surface area contributed by atoms with Crippen LogP contribution in [0.2, 0.25) is 10.0 Å². The smallest absolute Gasteiger partial charge is 0.157 e. The number of nitriles is 1. The highest BCUT2D eigenvalue weighted by atomic mass is 35.5. The number of halogens is 2. The molecule has 0 saturated carbocycles. The minimum absolute atomic E-state index is 0.114. The molecule has 1 aliphatic heterocycles. The summed E-state index contributed by atoms with van der Waals surface area (Å²) in [6.45, 7) is 1.27. The van der Waals surface area contributed by atoms with Gasteiger partial charge in [0.05, 0.1) is 28.6 Å². The average Bonchev–Trinajstić information content (AvgIpc) is 2.48. The van der Waals surface area contributed by atoms with Gasteiger partial charge < -0.3 is 9.47 Å². The summed E-state index contributed by atoms with van der Waals surface area (Å²) in [6, 6.07) is 7.57. The summed E-state index contributed by atoms with van der Waals surface area (Å²) in [7, 11) is 0. The molecule has 1 saturated heterocycles. The Kier molecular flexibility index (Phi) is 6.12. The van der Waals surface area contributed by atoms with Crippen LogP contribution < -0.4 is 0 Å². The molecule has 2 atom stereocenters. The summed E-state index contributed by atoms with van der Waals surface area (Å²) in [5, 5.41) is 10.2. The zero-order valence-corrected chi connectivity index (χ0v) is 12.7. The van der Waals surface area contributed by atoms with Gasteiger partial charge in [0.2, 0.25) is 0 Å². The van der Waals surface area contributed by atoms with E-state index in [4.69, 9.17) is 32.7 Å². The van der Waals surface area contributed by atoms with Crippen molar-refractivity contribution in [3.8, 4) is 6.07 Å². The molecule has 2 rings (SSSR count). The lowest BCUT2D eigenvalue weighted by Gasteiger charge is -2.23. The molecule has 0 N–H and O–H groups in total. The Hall–Kier alpha value is -0.790. The van der Waals surface area contributed by atoms with Crippen LogP contribution in [0.1, 0.15) is 37.2 Å². The van der Waals surface area contributed by atoms with E-state index in [1.54, 1.807) is 12.1 Å². The number of nitrogens with zero attached hydrogens (tertiary/aromatic N) is 1. The molecule has 1 aliphatic rings. The predicted octanol–water partition coefficient (Wildman–Crippen LogP) is 4.53. The molecule has 0 radical (unpaired) electrons. The molecule has 0 unspecified atom stereocenters. The van der Waals surface area contributed by atoms with Gasteiger partial charge in [0, 0.05) is 6.61 Å². The van der Waals surface area contributed by atoms with Gasteiger partial charge in [0.25, 0.3) is 0 Å². The van der Waals surface area contributed by atoms with Crippen molar-refractivity contribution in [2.24, 2.45) is 0 Å². The van der Waals surface area contributed by atoms with Gasteiger partial charge in [-0.15, -0.1) is 0 Å². The standard InChI is InChI=1S/C15H17Cl2NO2/c16-13-5-4-11(9-14(13)17)12(10-18)6-8-20-15-3-1-2-7-19-15/h4-5,9,12,15H,1-3,6-8H2/t12-,15+/m0/s1. The number of hydrogen-bond acceptors (Lipinski definition) is 3. The van der Waals surface area contributed by atoms with Crippen molar-refractivity contribution in [1.29, 1.82) is 5.26 Å². The van der Waals surface area contributed by atoms with Crippen molar-refractivity contribution in [2.75, 3.05) is 13.2 Å². The molecule has 0 aliphatic carbocycles. The third kappa shape index (κ3) is 4.36. The first-order valence-corrected chi connectivity index (χ1v) is 7.54. The van der Waals surface area contributed by atoms with E-state index in [1.165, 1.54) is 0 Å². The molecule has 1 aromatic carbocycles. The maximum absolute atomic E-state index is 9.26. The Morgan fingerprint density at radius 2 is 2.20 bits per heavy atom. The number of hydrogen-bond donors (Lipinski definition) is 0. The van der Waals surface area contributed by atoms with E-state index in [9.17, 15) is 5.26 Å². The first-order chi connectivity index (χ1) is 9.70. The van der Waals surface area contributed by atoms with E-state index in [1.807, 2.05) is 6.07 Å². The van der Waals surface area contributed by atoms with Crippen LogP contribution in [0.25, 0.3) is 0 Å². The molecule has 0 bridgehead atoms. The largest absolute Gasteiger partial charge is 0.353 e. The van der Waals surface area contributed by atoms with Gasteiger partial charge in [-0.05, 0) is 43.4 Å². The molecule has 1 fully saturated rings. The predicted molar refractivity (Wildman–Crippen MR) is 79.0 cm³/mol. The van der Waals surface area contributed by atoms with E-state index in [0.29, 0.717) is 23.1 Å². The Morgan fingerprint density at radius 3 is 2.85 bits per heavy atom. The van der Waals surface area contributed by atoms with Crippen molar-refractivity contribution in [2.45, 2.75) is 37.9 Å². The summed E-state index contributed by atoms with van der Waals surface area (Å²) >= 11 is 11.9. The second kappa shape index (κ2) is 7.85. The van der Waals surface area contributed by atoms with Crippen molar-refractivity contribution in [3.63, 3.8) is 0 Å². The molecule has 0 spiro atoms. The van der Waals surface area contributed by atoms with Gasteiger partial charge in [-0.2, -0.15) is 5.26 Å². The topological polar surface area (TPSA) is 42.2 Å². The summed E-state index contributed by atoms with van der Waals surface area (Å²) in [6.07, 6.45) is 3.68. The van der Waals surface area contributed by atoms with Crippen molar-refractivity contribution >= 4 is 23.2 Å². The highest BCUT2D eigenvalue weighted by Crippen LogP contribution is 2.28. The molecule has 5 heteroatoms. The molecule has 1 aromatic rings. The Bertz CT molecular complexity index is 481. The number of benzene rings is 1. The maximum atomic E-state index is 9.26. The minimum Gasteiger partial charge on any atom is -0.353 e. The van der Waals surface area contributed by atoms with Crippen LogP contribution in [0.4, 0.5) is 0 Å². The number of ether oxygens (including phenoxy) is 2. The fraction of sp³-hybridized carbons (Fsp3) is 0.533. The highest BCUT2D eigenvalue weighted by molar-refractivity contribution is 6.42. The lowest BCUT2D eigenvalue weighted by molar-refractivity contribution is -0.162. The normalized spacial score (nSPS) is 20.4. The summed E-state index contributed by atoms with van der Waals surface area (Å²) in [5.41, 5.74) is 0.870. The molecular weight excluding hydrogens is 297 g/mol. The van der Waals surface area contributed by atoms with Crippen molar-refractivity contribution in [3.05, 3.63) is 33.8 Å². The van der Waals surface area contributed by atoms with Crippen LogP contribution in [0.3, 0.4) is 0 Å². The second-order valence-corrected chi connectivity index (χ2v) is 5.63. The Balaban J connectivity index is 1.85. The average molecular weight is 314 g/mol. The lowest BCUT2D eigenvalue weighted by Crippen LogP contribution is -2.23. The number of rotatable bonds is 5. The van der Waals surface area contributed by atoms with Crippen molar-refractivity contribution < 1.29 is 9.47 Å². The van der Waals surface area contributed by atoms with Crippen LogP contribution >= 0.6 is 23.2 Å².